The zero-order valence-corrected chi connectivity index (χ0v) is 24.7. The molecule has 40 heavy (non-hydrogen) atoms. The Morgan fingerprint density at radius 1 is 1.12 bits per heavy atom. The first-order valence-corrected chi connectivity index (χ1v) is 15.4. The van der Waals surface area contributed by atoms with Crippen LogP contribution in [0.4, 0.5) is 5.00 Å². The predicted molar refractivity (Wildman–Crippen MR) is 150 cm³/mol. The second kappa shape index (κ2) is 12.1. The molecule has 1 N–H and O–H groups in total. The Balaban J connectivity index is 1.53. The molecule has 1 aromatic carbocycles. The van der Waals surface area contributed by atoms with Gasteiger partial charge in [0.1, 0.15) is 5.00 Å². The van der Waals surface area contributed by atoms with Gasteiger partial charge >= 0.3 is 5.97 Å². The fourth-order valence-electron chi connectivity index (χ4n) is 4.93. The zero-order valence-electron chi connectivity index (χ0n) is 23.1. The molecular formula is C27H34N4O7S2. The van der Waals surface area contributed by atoms with Crippen molar-refractivity contribution < 1.29 is 32.3 Å². The summed E-state index contributed by atoms with van der Waals surface area (Å²) in [6.45, 7) is 4.67. The first-order chi connectivity index (χ1) is 18.9. The van der Waals surface area contributed by atoms with Crippen molar-refractivity contribution in [3.05, 3.63) is 45.8 Å². The van der Waals surface area contributed by atoms with Gasteiger partial charge in [-0.3, -0.25) is 19.2 Å². The normalized spacial score (nSPS) is 17.6. The van der Waals surface area contributed by atoms with Crippen LogP contribution in [0.1, 0.15) is 57.8 Å². The number of nitrogens with one attached hydrogen (secondary N) is 1. The van der Waals surface area contributed by atoms with Gasteiger partial charge < -0.3 is 19.9 Å². The minimum absolute atomic E-state index is 0.0212. The van der Waals surface area contributed by atoms with Crippen LogP contribution in [-0.4, -0.2) is 86.6 Å². The molecule has 2 aliphatic rings. The number of fused-ring (bicyclic) bond motifs is 1. The van der Waals surface area contributed by atoms with E-state index in [4.69, 9.17) is 4.74 Å². The van der Waals surface area contributed by atoms with E-state index in [-0.39, 0.29) is 35.4 Å². The molecule has 0 aliphatic carbocycles. The second-order valence-electron chi connectivity index (χ2n) is 10.0. The van der Waals surface area contributed by atoms with Gasteiger partial charge in [0.2, 0.25) is 15.9 Å². The van der Waals surface area contributed by atoms with Crippen molar-refractivity contribution in [1.82, 2.24) is 14.1 Å². The van der Waals surface area contributed by atoms with E-state index in [9.17, 15) is 27.6 Å². The van der Waals surface area contributed by atoms with Gasteiger partial charge in [-0.2, -0.15) is 4.31 Å². The topological polar surface area (TPSA) is 133 Å². The van der Waals surface area contributed by atoms with Gasteiger partial charge in [-0.15, -0.1) is 11.3 Å². The third-order valence-corrected chi connectivity index (χ3v) is 10.1. The summed E-state index contributed by atoms with van der Waals surface area (Å²) in [6.07, 6.45) is 1.63. The summed E-state index contributed by atoms with van der Waals surface area (Å²) in [5.41, 5.74) is 1.48. The summed E-state index contributed by atoms with van der Waals surface area (Å²) in [4.78, 5) is 54.3. The standard InChI is InChI=1S/C27H34N4O7S2/c1-5-38-27(35)19-7-6-13-31(15-19)40(36,37)20-10-8-18(9-11-20)24(33)28-25-23(26(34)29(3)4)21-12-14-30(17(2)32)16-22(21)39-25/h8-11,19H,5-7,12-16H2,1-4H3,(H,28,33). The van der Waals surface area contributed by atoms with Crippen molar-refractivity contribution >= 4 is 50.1 Å². The summed E-state index contributed by atoms with van der Waals surface area (Å²) in [7, 11) is -0.597. The number of hydrogen-bond donors (Lipinski definition) is 1. The Kier molecular flexibility index (Phi) is 8.96. The Hall–Kier alpha value is -3.29. The van der Waals surface area contributed by atoms with E-state index in [2.05, 4.69) is 5.32 Å². The van der Waals surface area contributed by atoms with Crippen molar-refractivity contribution in [1.29, 1.82) is 0 Å². The lowest BCUT2D eigenvalue weighted by Crippen LogP contribution is -2.42. The molecule has 0 spiro atoms. The fourth-order valence-corrected chi connectivity index (χ4v) is 7.70. The number of carbonyl (C=O) groups is 4. The van der Waals surface area contributed by atoms with Gasteiger partial charge in [0.25, 0.3) is 11.8 Å². The van der Waals surface area contributed by atoms with Crippen LogP contribution < -0.4 is 5.32 Å². The second-order valence-corrected chi connectivity index (χ2v) is 13.1. The molecule has 2 aromatic rings. The summed E-state index contributed by atoms with van der Waals surface area (Å²) < 4.78 is 32.9. The molecular weight excluding hydrogens is 556 g/mol. The van der Waals surface area contributed by atoms with Crippen LogP contribution in [0.3, 0.4) is 0 Å². The number of benzene rings is 1. The number of sulfonamides is 1. The van der Waals surface area contributed by atoms with Crippen molar-refractivity contribution in [2.45, 2.75) is 44.6 Å². The largest absolute Gasteiger partial charge is 0.466 e. The molecule has 216 valence electrons. The van der Waals surface area contributed by atoms with E-state index in [1.807, 2.05) is 0 Å². The van der Waals surface area contributed by atoms with Crippen LogP contribution in [0.5, 0.6) is 0 Å². The number of hydrogen-bond acceptors (Lipinski definition) is 8. The first-order valence-electron chi connectivity index (χ1n) is 13.1. The van der Waals surface area contributed by atoms with E-state index in [0.29, 0.717) is 49.5 Å². The number of thiophene rings is 1. The summed E-state index contributed by atoms with van der Waals surface area (Å²) in [6, 6.07) is 5.59. The van der Waals surface area contributed by atoms with Crippen molar-refractivity contribution in [3.63, 3.8) is 0 Å². The molecule has 3 heterocycles. The average Bonchev–Trinajstić information content (AvgIpc) is 3.29. The molecule has 1 fully saturated rings. The molecule has 0 saturated carbocycles. The quantitative estimate of drug-likeness (QED) is 0.490. The van der Waals surface area contributed by atoms with Crippen LogP contribution in [-0.2, 0) is 37.3 Å². The molecule has 0 radical (unpaired) electrons. The van der Waals surface area contributed by atoms with Gasteiger partial charge in [0.05, 0.1) is 29.5 Å². The van der Waals surface area contributed by atoms with E-state index in [1.54, 1.807) is 25.9 Å². The summed E-state index contributed by atoms with van der Waals surface area (Å²) >= 11 is 1.27. The number of amides is 3. The number of ether oxygens (including phenoxy) is 1. The monoisotopic (exact) mass is 590 g/mol. The molecule has 0 bridgehead atoms. The van der Waals surface area contributed by atoms with Crippen LogP contribution in [0.15, 0.2) is 29.2 Å². The smallest absolute Gasteiger partial charge is 0.310 e. The summed E-state index contributed by atoms with van der Waals surface area (Å²) in [5.74, 6) is -1.69. The summed E-state index contributed by atoms with van der Waals surface area (Å²) in [5, 5.41) is 3.23. The molecule has 1 unspecified atom stereocenters. The van der Waals surface area contributed by atoms with Crippen molar-refractivity contribution in [3.8, 4) is 0 Å². The Morgan fingerprint density at radius 2 is 1.82 bits per heavy atom. The van der Waals surface area contributed by atoms with Crippen molar-refractivity contribution in [2.24, 2.45) is 5.92 Å². The molecule has 1 atom stereocenters. The first kappa shape index (κ1) is 29.7. The Bertz CT molecular complexity index is 1420. The molecule has 1 aromatic heterocycles. The fraction of sp³-hybridized carbons (Fsp3) is 0.481. The van der Waals surface area contributed by atoms with E-state index < -0.39 is 27.8 Å². The predicted octanol–water partition coefficient (Wildman–Crippen LogP) is 2.57. The molecule has 1 saturated heterocycles. The third kappa shape index (κ3) is 6.06. The minimum atomic E-state index is -3.87. The van der Waals surface area contributed by atoms with E-state index in [1.165, 1.54) is 51.7 Å². The lowest BCUT2D eigenvalue weighted by molar-refractivity contribution is -0.149. The Morgan fingerprint density at radius 3 is 2.45 bits per heavy atom. The molecule has 13 heteroatoms. The minimum Gasteiger partial charge on any atom is -0.466 e. The lowest BCUT2D eigenvalue weighted by atomic mass is 10.0. The highest BCUT2D eigenvalue weighted by molar-refractivity contribution is 7.89. The highest BCUT2D eigenvalue weighted by Crippen LogP contribution is 2.38. The third-order valence-electron chi connectivity index (χ3n) is 7.11. The van der Waals surface area contributed by atoms with Crippen LogP contribution in [0, 0.1) is 5.92 Å². The number of carbonyl (C=O) groups excluding carboxylic acids is 4. The molecule has 2 aliphatic heterocycles. The van der Waals surface area contributed by atoms with Gasteiger partial charge in [0, 0.05) is 51.1 Å². The van der Waals surface area contributed by atoms with Gasteiger partial charge in [-0.25, -0.2) is 8.42 Å². The maximum absolute atomic E-state index is 13.3. The van der Waals surface area contributed by atoms with Crippen LogP contribution in [0.25, 0.3) is 0 Å². The number of rotatable bonds is 7. The van der Waals surface area contributed by atoms with Gasteiger partial charge in [-0.1, -0.05) is 0 Å². The highest BCUT2D eigenvalue weighted by atomic mass is 32.2. The molecule has 3 amide bonds. The average molecular weight is 591 g/mol. The maximum Gasteiger partial charge on any atom is 0.310 e. The highest BCUT2D eigenvalue weighted by Gasteiger charge is 2.34. The number of anilines is 1. The van der Waals surface area contributed by atoms with Crippen molar-refractivity contribution in [2.75, 3.05) is 45.7 Å². The van der Waals surface area contributed by atoms with Crippen LogP contribution in [0.2, 0.25) is 0 Å². The zero-order chi connectivity index (χ0) is 29.2. The lowest BCUT2D eigenvalue weighted by Gasteiger charge is -2.30. The maximum atomic E-state index is 13.3. The molecule has 4 rings (SSSR count). The number of piperidine rings is 1. The molecule has 11 nitrogen and oxygen atoms in total. The van der Waals surface area contributed by atoms with E-state index >= 15 is 0 Å². The van der Waals surface area contributed by atoms with E-state index in [0.717, 1.165) is 10.4 Å². The SMILES string of the molecule is CCOC(=O)C1CCCN(S(=O)(=O)c2ccc(C(=O)Nc3sc4c(c3C(=O)N(C)C)CCN(C(C)=O)C4)cc2)C1. The Labute approximate surface area is 238 Å². The van der Waals surface area contributed by atoms with Gasteiger partial charge in [0.15, 0.2) is 0 Å². The number of nitrogens with zero attached hydrogens (tertiary/aromatic N) is 3. The number of esters is 1. The van der Waals surface area contributed by atoms with Gasteiger partial charge in [-0.05, 0) is 56.0 Å². The van der Waals surface area contributed by atoms with Crippen LogP contribution >= 0.6 is 11.3 Å².